The molecular weight excluding hydrogens is 287 g/mol. The number of thiazole rings is 1. The third-order valence-corrected chi connectivity index (χ3v) is 5.57. The second kappa shape index (κ2) is 3.70. The molecule has 2 heterocycles. The predicted octanol–water partition coefficient (Wildman–Crippen LogP) is 1.81. The van der Waals surface area contributed by atoms with Crippen LogP contribution in [0.1, 0.15) is 5.56 Å². The summed E-state index contributed by atoms with van der Waals surface area (Å²) in [6.45, 7) is 2.05. The fraction of sp³-hybridized carbons (Fsp3) is 0.0909. The maximum absolute atomic E-state index is 12.1. The topological polar surface area (TPSA) is 34.9 Å². The molecule has 0 aliphatic carbocycles. The Kier molecular flexibility index (Phi) is 2.32. The van der Waals surface area contributed by atoms with E-state index in [0.717, 1.165) is 14.8 Å². The first-order valence-electron chi connectivity index (χ1n) is 4.78. The molecule has 0 aliphatic rings. The molecule has 0 aliphatic heterocycles. The SMILES string of the molecule is Cc1ccc2c(=O)n(-c3nccs3)[se]c2c1. The quantitative estimate of drug-likeness (QED) is 0.642. The van der Waals surface area contributed by atoms with Crippen LogP contribution in [0.25, 0.3) is 14.8 Å². The molecule has 0 spiro atoms. The van der Waals surface area contributed by atoms with Crippen molar-refractivity contribution in [1.82, 2.24) is 8.55 Å². The van der Waals surface area contributed by atoms with E-state index in [-0.39, 0.29) is 20.3 Å². The van der Waals surface area contributed by atoms with Gasteiger partial charge in [-0.05, 0) is 0 Å². The van der Waals surface area contributed by atoms with Crippen molar-refractivity contribution in [3.8, 4) is 5.13 Å². The zero-order valence-corrected chi connectivity index (χ0v) is 11.0. The van der Waals surface area contributed by atoms with Crippen molar-refractivity contribution in [3.63, 3.8) is 0 Å². The van der Waals surface area contributed by atoms with Gasteiger partial charge in [0.25, 0.3) is 0 Å². The average Bonchev–Trinajstić information content (AvgIpc) is 2.86. The summed E-state index contributed by atoms with van der Waals surface area (Å²) in [5.41, 5.74) is 1.29. The minimum atomic E-state index is 0.0380. The summed E-state index contributed by atoms with van der Waals surface area (Å²) in [7, 11) is 0. The molecule has 3 nitrogen and oxygen atoms in total. The molecule has 0 bridgehead atoms. The van der Waals surface area contributed by atoms with Crippen molar-refractivity contribution in [1.29, 1.82) is 0 Å². The van der Waals surface area contributed by atoms with Gasteiger partial charge in [0.05, 0.1) is 0 Å². The first-order chi connectivity index (χ1) is 7.75. The van der Waals surface area contributed by atoms with Crippen LogP contribution in [0.2, 0.25) is 0 Å². The standard InChI is InChI=1S/C11H8N2OSSe/c1-7-2-3-8-9(6-7)16-13(10(8)14)11-12-4-5-15-11/h2-6H,1H3. The number of aryl methyl sites for hydroxylation is 1. The summed E-state index contributed by atoms with van der Waals surface area (Å²) in [6.07, 6.45) is 1.73. The van der Waals surface area contributed by atoms with Gasteiger partial charge in [0.2, 0.25) is 0 Å². The van der Waals surface area contributed by atoms with Gasteiger partial charge in [0.15, 0.2) is 0 Å². The summed E-state index contributed by atoms with van der Waals surface area (Å²) in [6, 6.07) is 6.00. The van der Waals surface area contributed by atoms with Crippen LogP contribution in [0.15, 0.2) is 34.6 Å². The van der Waals surface area contributed by atoms with Gasteiger partial charge < -0.3 is 0 Å². The normalized spacial score (nSPS) is 11.1. The van der Waals surface area contributed by atoms with E-state index in [9.17, 15) is 4.79 Å². The molecular formula is C11H8N2OSSe. The Bertz CT molecular complexity index is 696. The van der Waals surface area contributed by atoms with E-state index in [0.29, 0.717) is 0 Å². The summed E-state index contributed by atoms with van der Waals surface area (Å²) >= 11 is 1.55. The van der Waals surface area contributed by atoms with Gasteiger partial charge >= 0.3 is 102 Å². The molecule has 3 rings (SSSR count). The first-order valence-corrected chi connectivity index (χ1v) is 7.28. The maximum atomic E-state index is 12.1. The third kappa shape index (κ3) is 1.48. The van der Waals surface area contributed by atoms with Crippen LogP contribution >= 0.6 is 11.3 Å². The molecule has 0 unspecified atom stereocenters. The van der Waals surface area contributed by atoms with Crippen molar-refractivity contribution >= 4 is 35.7 Å². The molecule has 0 amide bonds. The van der Waals surface area contributed by atoms with Crippen LogP contribution in [0.4, 0.5) is 0 Å². The fourth-order valence-electron chi connectivity index (χ4n) is 1.57. The molecule has 0 saturated carbocycles. The van der Waals surface area contributed by atoms with Gasteiger partial charge in [-0.2, -0.15) is 0 Å². The van der Waals surface area contributed by atoms with Gasteiger partial charge in [-0.1, -0.05) is 0 Å². The van der Waals surface area contributed by atoms with E-state index in [1.807, 2.05) is 24.4 Å². The Balaban J connectivity index is 2.36. The van der Waals surface area contributed by atoms with E-state index < -0.39 is 0 Å². The zero-order chi connectivity index (χ0) is 11.1. The first kappa shape index (κ1) is 10.0. The van der Waals surface area contributed by atoms with Crippen LogP contribution in [0, 0.1) is 6.92 Å². The van der Waals surface area contributed by atoms with Crippen LogP contribution in [-0.4, -0.2) is 23.3 Å². The van der Waals surface area contributed by atoms with Crippen LogP contribution < -0.4 is 5.56 Å². The summed E-state index contributed by atoms with van der Waals surface area (Å²) in [4.78, 5) is 16.3. The molecule has 80 valence electrons. The molecule has 2 aromatic heterocycles. The van der Waals surface area contributed by atoms with Gasteiger partial charge in [-0.25, -0.2) is 0 Å². The Hall–Kier alpha value is -1.16. The minimum absolute atomic E-state index is 0.0380. The molecule has 16 heavy (non-hydrogen) atoms. The Morgan fingerprint density at radius 1 is 1.44 bits per heavy atom. The van der Waals surface area contributed by atoms with Crippen molar-refractivity contribution in [2.24, 2.45) is 0 Å². The summed E-state index contributed by atoms with van der Waals surface area (Å²) < 4.78 is 2.95. The monoisotopic (exact) mass is 296 g/mol. The van der Waals surface area contributed by atoms with Crippen LogP contribution in [-0.2, 0) is 0 Å². The molecule has 0 fully saturated rings. The van der Waals surface area contributed by atoms with Gasteiger partial charge in [-0.3, -0.25) is 0 Å². The van der Waals surface area contributed by atoms with Crippen molar-refractivity contribution in [2.45, 2.75) is 6.92 Å². The van der Waals surface area contributed by atoms with E-state index in [4.69, 9.17) is 0 Å². The van der Waals surface area contributed by atoms with E-state index in [1.54, 1.807) is 9.76 Å². The second-order valence-corrected chi connectivity index (χ2v) is 6.45. The number of rotatable bonds is 1. The van der Waals surface area contributed by atoms with Crippen LogP contribution in [0.3, 0.4) is 0 Å². The van der Waals surface area contributed by atoms with E-state index in [2.05, 4.69) is 11.1 Å². The molecule has 0 saturated heterocycles. The number of fused-ring (bicyclic) bond motifs is 1. The Labute approximate surface area is 102 Å². The van der Waals surface area contributed by atoms with Crippen molar-refractivity contribution < 1.29 is 0 Å². The van der Waals surface area contributed by atoms with E-state index >= 15 is 0 Å². The van der Waals surface area contributed by atoms with Gasteiger partial charge in [-0.15, -0.1) is 0 Å². The number of benzene rings is 1. The van der Waals surface area contributed by atoms with Crippen molar-refractivity contribution in [3.05, 3.63) is 45.7 Å². The predicted molar refractivity (Wildman–Crippen MR) is 66.9 cm³/mol. The van der Waals surface area contributed by atoms with Gasteiger partial charge in [0, 0.05) is 0 Å². The van der Waals surface area contributed by atoms with Crippen molar-refractivity contribution in [2.75, 3.05) is 0 Å². The zero-order valence-electron chi connectivity index (χ0n) is 8.51. The van der Waals surface area contributed by atoms with Crippen LogP contribution in [0.5, 0.6) is 0 Å². The molecule has 5 heteroatoms. The molecule has 0 atom stereocenters. The average molecular weight is 295 g/mol. The number of aromatic nitrogens is 2. The summed E-state index contributed by atoms with van der Waals surface area (Å²) in [5.74, 6) is 0. The summed E-state index contributed by atoms with van der Waals surface area (Å²) in [5, 5.41) is 3.53. The molecule has 0 radical (unpaired) electrons. The number of hydrogen-bond donors (Lipinski definition) is 0. The van der Waals surface area contributed by atoms with Gasteiger partial charge in [0.1, 0.15) is 0 Å². The molecule has 0 N–H and O–H groups in total. The molecule has 1 aromatic carbocycles. The second-order valence-electron chi connectivity index (χ2n) is 3.51. The van der Waals surface area contributed by atoms with E-state index in [1.165, 1.54) is 16.9 Å². The fourth-order valence-corrected chi connectivity index (χ4v) is 4.67. The Morgan fingerprint density at radius 2 is 2.31 bits per heavy atom. The Morgan fingerprint density at radius 3 is 3.06 bits per heavy atom. The molecule has 3 aromatic rings. The third-order valence-electron chi connectivity index (χ3n) is 2.33. The number of hydrogen-bond acceptors (Lipinski definition) is 3. The number of nitrogens with zero attached hydrogens (tertiary/aromatic N) is 2.